The summed E-state index contributed by atoms with van der Waals surface area (Å²) in [7, 11) is -4.86. The molecular formula is C15H7ClF5NO4S. The maximum absolute atomic E-state index is 14.1. The highest BCUT2D eigenvalue weighted by molar-refractivity contribution is 7.90. The number of carbonyl (C=O) groups excluding carboxylic acids is 2. The van der Waals surface area contributed by atoms with E-state index in [9.17, 15) is 40.0 Å². The van der Waals surface area contributed by atoms with Gasteiger partial charge in [-0.25, -0.2) is 35.1 Å². The molecule has 0 spiro atoms. The van der Waals surface area contributed by atoms with Crippen molar-refractivity contribution < 1.29 is 40.0 Å². The quantitative estimate of drug-likeness (QED) is 0.352. The lowest BCUT2D eigenvalue weighted by Gasteiger charge is -2.12. The predicted molar refractivity (Wildman–Crippen MR) is 82.7 cm³/mol. The van der Waals surface area contributed by atoms with Crippen molar-refractivity contribution in [2.75, 3.05) is 0 Å². The van der Waals surface area contributed by atoms with Crippen molar-refractivity contribution in [3.63, 3.8) is 0 Å². The lowest BCUT2D eigenvalue weighted by atomic mass is 10.0. The van der Waals surface area contributed by atoms with Gasteiger partial charge in [0.25, 0.3) is 10.0 Å². The van der Waals surface area contributed by atoms with Crippen LogP contribution in [0.5, 0.6) is 0 Å². The zero-order valence-corrected chi connectivity index (χ0v) is 14.6. The standard InChI is InChI=1S/C15H7ClF5NO4S/c1-5(23)15(24)22-27(25,26)11-2-6(8(17)3-7(11)16)12-9(18)4-10(19)13(20)14(12)21/h2-4H,1H3,(H,22,24). The van der Waals surface area contributed by atoms with Crippen LogP contribution >= 0.6 is 11.6 Å². The summed E-state index contributed by atoms with van der Waals surface area (Å²) in [5, 5.41) is -0.802. The lowest BCUT2D eigenvalue weighted by Crippen LogP contribution is -2.35. The Morgan fingerprint density at radius 2 is 1.52 bits per heavy atom. The molecule has 0 unspecified atom stereocenters. The number of amides is 1. The van der Waals surface area contributed by atoms with Gasteiger partial charge in [0.15, 0.2) is 17.5 Å². The molecule has 0 aliphatic carbocycles. The Hall–Kier alpha value is -2.53. The molecule has 2 rings (SSSR count). The van der Waals surface area contributed by atoms with Crippen molar-refractivity contribution in [1.82, 2.24) is 4.72 Å². The summed E-state index contributed by atoms with van der Waals surface area (Å²) in [4.78, 5) is 21.2. The Balaban J connectivity index is 2.74. The fourth-order valence-electron chi connectivity index (χ4n) is 1.99. The zero-order chi connectivity index (χ0) is 20.7. The molecule has 0 atom stereocenters. The first-order valence-electron chi connectivity index (χ1n) is 6.77. The van der Waals surface area contributed by atoms with E-state index in [-0.39, 0.29) is 6.07 Å². The van der Waals surface area contributed by atoms with E-state index in [0.717, 1.165) is 6.92 Å². The normalized spacial score (nSPS) is 11.4. The number of benzene rings is 2. The highest BCUT2D eigenvalue weighted by Gasteiger charge is 2.28. The monoisotopic (exact) mass is 427 g/mol. The van der Waals surface area contributed by atoms with Gasteiger partial charge in [0, 0.05) is 18.6 Å². The lowest BCUT2D eigenvalue weighted by molar-refractivity contribution is -0.135. The molecule has 0 aliphatic rings. The van der Waals surface area contributed by atoms with Gasteiger partial charge in [-0.1, -0.05) is 11.6 Å². The van der Waals surface area contributed by atoms with E-state index in [4.69, 9.17) is 11.6 Å². The number of nitrogens with one attached hydrogen (secondary N) is 1. The number of rotatable bonds is 4. The molecule has 2 aromatic rings. The van der Waals surface area contributed by atoms with Crippen LogP contribution in [0, 0.1) is 29.1 Å². The van der Waals surface area contributed by atoms with Gasteiger partial charge in [-0.2, -0.15) is 0 Å². The molecule has 0 aliphatic heterocycles. The molecule has 5 nitrogen and oxygen atoms in total. The van der Waals surface area contributed by atoms with Crippen LogP contribution in [-0.4, -0.2) is 20.1 Å². The van der Waals surface area contributed by atoms with E-state index in [2.05, 4.69) is 0 Å². The zero-order valence-electron chi connectivity index (χ0n) is 13.0. The van der Waals surface area contributed by atoms with Crippen LogP contribution in [0.3, 0.4) is 0 Å². The van der Waals surface area contributed by atoms with Gasteiger partial charge in [-0.15, -0.1) is 0 Å². The van der Waals surface area contributed by atoms with Crippen molar-refractivity contribution >= 4 is 33.3 Å². The predicted octanol–water partition coefficient (Wildman–Crippen LogP) is 3.10. The molecule has 0 saturated carbocycles. The molecule has 0 saturated heterocycles. The Morgan fingerprint density at radius 3 is 2.07 bits per heavy atom. The fraction of sp³-hybridized carbons (Fsp3) is 0.0667. The number of Topliss-reactive ketones (excluding diaryl/α,β-unsaturated/α-hetero) is 1. The Morgan fingerprint density at radius 1 is 0.926 bits per heavy atom. The van der Waals surface area contributed by atoms with Gasteiger partial charge in [0.05, 0.1) is 10.6 Å². The molecule has 0 aromatic heterocycles. The van der Waals surface area contributed by atoms with E-state index < -0.39 is 71.8 Å². The maximum Gasteiger partial charge on any atom is 0.300 e. The molecule has 144 valence electrons. The Kier molecular flexibility index (Phi) is 5.57. The second-order valence-corrected chi connectivity index (χ2v) is 7.15. The number of hydrogen-bond donors (Lipinski definition) is 1. The first-order chi connectivity index (χ1) is 12.4. The molecule has 0 bridgehead atoms. The van der Waals surface area contributed by atoms with Crippen LogP contribution in [0.15, 0.2) is 23.1 Å². The van der Waals surface area contributed by atoms with Gasteiger partial charge in [-0.05, 0) is 12.1 Å². The van der Waals surface area contributed by atoms with Crippen LogP contribution < -0.4 is 4.72 Å². The molecule has 0 heterocycles. The average Bonchev–Trinajstić information content (AvgIpc) is 2.53. The fourth-order valence-corrected chi connectivity index (χ4v) is 3.53. The van der Waals surface area contributed by atoms with Crippen molar-refractivity contribution in [3.8, 4) is 11.1 Å². The van der Waals surface area contributed by atoms with Crippen LogP contribution in [-0.2, 0) is 19.6 Å². The molecule has 27 heavy (non-hydrogen) atoms. The summed E-state index contributed by atoms with van der Waals surface area (Å²) in [5.41, 5.74) is -2.50. The number of ketones is 1. The van der Waals surface area contributed by atoms with Crippen LogP contribution in [0.4, 0.5) is 22.0 Å². The van der Waals surface area contributed by atoms with E-state index in [0.29, 0.717) is 12.1 Å². The van der Waals surface area contributed by atoms with E-state index in [1.165, 1.54) is 4.72 Å². The number of carbonyl (C=O) groups is 2. The highest BCUT2D eigenvalue weighted by atomic mass is 35.5. The second-order valence-electron chi connectivity index (χ2n) is 5.10. The summed E-state index contributed by atoms with van der Waals surface area (Å²) in [6.07, 6.45) is 0. The molecule has 0 radical (unpaired) electrons. The number of hydrogen-bond acceptors (Lipinski definition) is 4. The van der Waals surface area contributed by atoms with Gasteiger partial charge in [0.1, 0.15) is 16.5 Å². The third-order valence-corrected chi connectivity index (χ3v) is 5.04. The topological polar surface area (TPSA) is 80.3 Å². The molecule has 12 heteroatoms. The molecular weight excluding hydrogens is 421 g/mol. The van der Waals surface area contributed by atoms with Gasteiger partial charge in [0.2, 0.25) is 5.78 Å². The molecule has 2 aromatic carbocycles. The first-order valence-corrected chi connectivity index (χ1v) is 8.63. The van der Waals surface area contributed by atoms with Crippen LogP contribution in [0.2, 0.25) is 5.02 Å². The Bertz CT molecular complexity index is 1090. The van der Waals surface area contributed by atoms with Crippen LogP contribution in [0.1, 0.15) is 6.92 Å². The van der Waals surface area contributed by atoms with E-state index in [1.54, 1.807) is 0 Å². The minimum absolute atomic E-state index is 0.0620. The van der Waals surface area contributed by atoms with Crippen molar-refractivity contribution in [2.24, 2.45) is 0 Å². The molecule has 1 amide bonds. The largest absolute Gasteiger partial charge is 0.300 e. The van der Waals surface area contributed by atoms with E-state index >= 15 is 0 Å². The summed E-state index contributed by atoms with van der Waals surface area (Å²) in [6.45, 7) is 0.759. The molecule has 1 N–H and O–H groups in total. The number of halogens is 6. The summed E-state index contributed by atoms with van der Waals surface area (Å²) in [6, 6.07) is 0.587. The minimum Gasteiger partial charge on any atom is -0.289 e. The van der Waals surface area contributed by atoms with Crippen LogP contribution in [0.25, 0.3) is 11.1 Å². The van der Waals surface area contributed by atoms with Gasteiger partial charge >= 0.3 is 5.91 Å². The van der Waals surface area contributed by atoms with Gasteiger partial charge in [-0.3, -0.25) is 9.59 Å². The minimum atomic E-state index is -4.86. The maximum atomic E-state index is 14.1. The summed E-state index contributed by atoms with van der Waals surface area (Å²) < 4.78 is 94.0. The highest BCUT2D eigenvalue weighted by Crippen LogP contribution is 2.35. The smallest absolute Gasteiger partial charge is 0.289 e. The SMILES string of the molecule is CC(=O)C(=O)NS(=O)(=O)c1cc(-c2c(F)cc(F)c(F)c2F)c(F)cc1Cl. The van der Waals surface area contributed by atoms with Crippen molar-refractivity contribution in [3.05, 3.63) is 52.3 Å². The summed E-state index contributed by atoms with van der Waals surface area (Å²) in [5.74, 6) is -12.0. The summed E-state index contributed by atoms with van der Waals surface area (Å²) >= 11 is 5.60. The van der Waals surface area contributed by atoms with Crippen molar-refractivity contribution in [1.29, 1.82) is 0 Å². The van der Waals surface area contributed by atoms with E-state index in [1.807, 2.05) is 0 Å². The molecule has 0 fully saturated rings. The van der Waals surface area contributed by atoms with Gasteiger partial charge < -0.3 is 0 Å². The first kappa shape index (κ1) is 20.8. The second kappa shape index (κ2) is 7.24. The third kappa shape index (κ3) is 3.93. The average molecular weight is 428 g/mol. The number of sulfonamides is 1. The Labute approximate surface area is 153 Å². The van der Waals surface area contributed by atoms with Crippen molar-refractivity contribution in [2.45, 2.75) is 11.8 Å². The third-order valence-electron chi connectivity index (χ3n) is 3.24.